The highest BCUT2D eigenvalue weighted by molar-refractivity contribution is 5.85. The molecular formula is C26H37N3O2. The average molecular weight is 424 g/mol. The number of benzene rings is 1. The quantitative estimate of drug-likeness (QED) is 0.544. The number of aliphatic imine (C=N–C) groups is 1. The van der Waals surface area contributed by atoms with E-state index in [1.807, 2.05) is 18.2 Å². The minimum Gasteiger partial charge on any atom is -0.468 e. The molecule has 168 valence electrons. The predicted octanol–water partition coefficient (Wildman–Crippen LogP) is 4.11. The zero-order chi connectivity index (χ0) is 22.3. The molecule has 0 saturated carbocycles. The zero-order valence-corrected chi connectivity index (χ0v) is 19.4. The van der Waals surface area contributed by atoms with Gasteiger partial charge in [0.15, 0.2) is 0 Å². The number of nitrogens with zero attached hydrogens (tertiary/aromatic N) is 2. The lowest BCUT2D eigenvalue weighted by Crippen LogP contribution is -2.42. The van der Waals surface area contributed by atoms with Gasteiger partial charge in [-0.25, -0.2) is 0 Å². The summed E-state index contributed by atoms with van der Waals surface area (Å²) in [5.41, 5.74) is 0.450. The lowest BCUT2D eigenvalue weighted by molar-refractivity contribution is -0.150. The minimum absolute atomic E-state index is 0.133. The van der Waals surface area contributed by atoms with E-state index in [1.54, 1.807) is 0 Å². The van der Waals surface area contributed by atoms with E-state index in [4.69, 9.17) is 9.73 Å². The van der Waals surface area contributed by atoms with E-state index < -0.39 is 5.41 Å². The predicted molar refractivity (Wildman–Crippen MR) is 127 cm³/mol. The fraction of sp³-hybridized carbons (Fsp3) is 0.538. The first kappa shape index (κ1) is 23.3. The molecule has 31 heavy (non-hydrogen) atoms. The standard InChI is InChI=1S/C26H37N3O2/c1-20(2)26(25(30)31-4,21-12-6-5-7-13-21)17-11-19-29(3)18-10-16-24-27-22-14-8-9-15-23(22)28-24/h5-9,12-15,20,22-23H,10-11,16-19H2,1-4H3,(H,27,28). The number of amidine groups is 1. The fourth-order valence-corrected chi connectivity index (χ4v) is 4.79. The second-order valence-electron chi connectivity index (χ2n) is 9.00. The third-order valence-corrected chi connectivity index (χ3v) is 6.63. The smallest absolute Gasteiger partial charge is 0.316 e. The number of hydrogen-bond acceptors (Lipinski definition) is 5. The largest absolute Gasteiger partial charge is 0.468 e. The summed E-state index contributed by atoms with van der Waals surface area (Å²) in [5.74, 6) is 1.14. The Labute approximate surface area is 187 Å². The average Bonchev–Trinajstić information content (AvgIpc) is 3.19. The molecule has 0 saturated heterocycles. The summed E-state index contributed by atoms with van der Waals surface area (Å²) < 4.78 is 5.27. The normalized spacial score (nSPS) is 21.5. The highest BCUT2D eigenvalue weighted by Crippen LogP contribution is 2.38. The molecule has 0 amide bonds. The number of carbonyl (C=O) groups is 1. The van der Waals surface area contributed by atoms with E-state index in [2.05, 4.69) is 67.5 Å². The van der Waals surface area contributed by atoms with Gasteiger partial charge in [-0.15, -0.1) is 0 Å². The van der Waals surface area contributed by atoms with Gasteiger partial charge in [0.25, 0.3) is 0 Å². The maximum absolute atomic E-state index is 12.9. The van der Waals surface area contributed by atoms with Gasteiger partial charge in [-0.2, -0.15) is 0 Å². The Bertz CT molecular complexity index is 815. The van der Waals surface area contributed by atoms with Crippen LogP contribution in [0.1, 0.15) is 45.1 Å². The van der Waals surface area contributed by atoms with Crippen molar-refractivity contribution in [1.82, 2.24) is 10.2 Å². The summed E-state index contributed by atoms with van der Waals surface area (Å²) in [7, 11) is 3.66. The Kier molecular flexibility index (Phi) is 8.08. The van der Waals surface area contributed by atoms with E-state index in [-0.39, 0.29) is 17.9 Å². The number of nitrogens with one attached hydrogen (secondary N) is 1. The van der Waals surface area contributed by atoms with Crippen molar-refractivity contribution in [2.45, 2.75) is 57.0 Å². The summed E-state index contributed by atoms with van der Waals surface area (Å²) in [4.78, 5) is 20.0. The molecule has 5 nitrogen and oxygen atoms in total. The highest BCUT2D eigenvalue weighted by Gasteiger charge is 2.43. The number of carbonyl (C=O) groups excluding carboxylic acids is 1. The van der Waals surface area contributed by atoms with Gasteiger partial charge in [0.05, 0.1) is 30.4 Å². The summed E-state index contributed by atoms with van der Waals surface area (Å²) in [5, 5.41) is 3.52. The van der Waals surface area contributed by atoms with Gasteiger partial charge in [-0.05, 0) is 50.9 Å². The van der Waals surface area contributed by atoms with Crippen LogP contribution in [-0.4, -0.2) is 56.0 Å². The number of hydrogen-bond donors (Lipinski definition) is 1. The molecule has 0 radical (unpaired) electrons. The van der Waals surface area contributed by atoms with Crippen molar-refractivity contribution in [3.63, 3.8) is 0 Å². The van der Waals surface area contributed by atoms with Crippen molar-refractivity contribution in [3.05, 3.63) is 60.2 Å². The van der Waals surface area contributed by atoms with Crippen LogP contribution in [0.15, 0.2) is 59.6 Å². The molecule has 1 N–H and O–H groups in total. The van der Waals surface area contributed by atoms with E-state index in [0.717, 1.165) is 50.2 Å². The molecule has 3 unspecified atom stereocenters. The molecule has 0 spiro atoms. The van der Waals surface area contributed by atoms with Gasteiger partial charge in [0, 0.05) is 6.42 Å². The number of rotatable bonds is 11. The van der Waals surface area contributed by atoms with Crippen LogP contribution in [-0.2, 0) is 14.9 Å². The van der Waals surface area contributed by atoms with Crippen LogP contribution >= 0.6 is 0 Å². The monoisotopic (exact) mass is 423 g/mol. The topological polar surface area (TPSA) is 53.9 Å². The summed E-state index contributed by atoms with van der Waals surface area (Å²) >= 11 is 0. The van der Waals surface area contributed by atoms with E-state index in [0.29, 0.717) is 6.04 Å². The summed E-state index contributed by atoms with van der Waals surface area (Å²) in [6, 6.07) is 10.7. The zero-order valence-electron chi connectivity index (χ0n) is 19.4. The second-order valence-corrected chi connectivity index (χ2v) is 9.00. The van der Waals surface area contributed by atoms with E-state index >= 15 is 0 Å². The first-order valence-corrected chi connectivity index (χ1v) is 11.5. The van der Waals surface area contributed by atoms with Crippen molar-refractivity contribution in [2.24, 2.45) is 10.9 Å². The maximum atomic E-state index is 12.9. The van der Waals surface area contributed by atoms with Crippen LogP contribution in [0.5, 0.6) is 0 Å². The Balaban J connectivity index is 1.49. The van der Waals surface area contributed by atoms with Gasteiger partial charge in [0.1, 0.15) is 0 Å². The van der Waals surface area contributed by atoms with Crippen molar-refractivity contribution in [1.29, 1.82) is 0 Å². The molecule has 0 bridgehead atoms. The van der Waals surface area contributed by atoms with Crippen LogP contribution in [0.3, 0.4) is 0 Å². The number of esters is 1. The molecule has 1 aliphatic carbocycles. The van der Waals surface area contributed by atoms with Crippen molar-refractivity contribution in [2.75, 3.05) is 27.2 Å². The van der Waals surface area contributed by atoms with Crippen molar-refractivity contribution >= 4 is 11.8 Å². The number of fused-ring (bicyclic) bond motifs is 1. The van der Waals surface area contributed by atoms with Gasteiger partial charge in [0.2, 0.25) is 0 Å². The minimum atomic E-state index is -0.601. The van der Waals surface area contributed by atoms with E-state index in [1.165, 1.54) is 7.11 Å². The summed E-state index contributed by atoms with van der Waals surface area (Å²) in [6.07, 6.45) is 12.3. The van der Waals surface area contributed by atoms with Gasteiger partial charge in [-0.1, -0.05) is 68.5 Å². The van der Waals surface area contributed by atoms with Crippen LogP contribution in [0.2, 0.25) is 0 Å². The Morgan fingerprint density at radius 1 is 1.16 bits per heavy atom. The van der Waals surface area contributed by atoms with Gasteiger partial charge >= 0.3 is 5.97 Å². The molecule has 3 rings (SSSR count). The fourth-order valence-electron chi connectivity index (χ4n) is 4.79. The molecule has 1 aromatic rings. The van der Waals surface area contributed by atoms with Crippen LogP contribution in [0.4, 0.5) is 0 Å². The molecular weight excluding hydrogens is 386 g/mol. The van der Waals surface area contributed by atoms with Crippen molar-refractivity contribution < 1.29 is 9.53 Å². The molecule has 0 fully saturated rings. The Morgan fingerprint density at radius 2 is 1.87 bits per heavy atom. The number of allylic oxidation sites excluding steroid dienone is 2. The summed E-state index contributed by atoms with van der Waals surface area (Å²) in [6.45, 7) is 6.20. The first-order chi connectivity index (χ1) is 15.0. The molecule has 1 aromatic carbocycles. The third-order valence-electron chi connectivity index (χ3n) is 6.63. The molecule has 0 aromatic heterocycles. The van der Waals surface area contributed by atoms with Crippen molar-refractivity contribution in [3.8, 4) is 0 Å². The Morgan fingerprint density at radius 3 is 2.55 bits per heavy atom. The van der Waals surface area contributed by atoms with Crippen LogP contribution < -0.4 is 5.32 Å². The molecule has 3 atom stereocenters. The first-order valence-electron chi connectivity index (χ1n) is 11.5. The van der Waals surface area contributed by atoms with Gasteiger partial charge in [-0.3, -0.25) is 9.79 Å². The number of ether oxygens (including phenoxy) is 1. The Hall–Kier alpha value is -2.40. The lowest BCUT2D eigenvalue weighted by atomic mass is 9.68. The molecule has 1 aliphatic heterocycles. The second kappa shape index (κ2) is 10.8. The third kappa shape index (κ3) is 5.45. The van der Waals surface area contributed by atoms with Crippen LogP contribution in [0, 0.1) is 5.92 Å². The van der Waals surface area contributed by atoms with E-state index in [9.17, 15) is 4.79 Å². The maximum Gasteiger partial charge on any atom is 0.316 e. The molecule has 1 heterocycles. The van der Waals surface area contributed by atoms with Crippen LogP contribution in [0.25, 0.3) is 0 Å². The molecule has 2 aliphatic rings. The lowest BCUT2D eigenvalue weighted by Gasteiger charge is -2.36. The van der Waals surface area contributed by atoms with Gasteiger partial charge < -0.3 is 15.0 Å². The highest BCUT2D eigenvalue weighted by atomic mass is 16.5. The molecule has 5 heteroatoms. The number of methoxy groups -OCH3 is 1. The SMILES string of the molecule is COC(=O)C(CCCN(C)CCCC1=NC2C=CC=CC2N1)(c1ccccc1)C(C)C.